The third kappa shape index (κ3) is 2.53. The molecule has 1 aromatic carbocycles. The van der Waals surface area contributed by atoms with Crippen molar-refractivity contribution in [1.29, 1.82) is 0 Å². The summed E-state index contributed by atoms with van der Waals surface area (Å²) in [6.45, 7) is 2.37. The Morgan fingerprint density at radius 1 is 1.56 bits per heavy atom. The van der Waals surface area contributed by atoms with E-state index in [1.807, 2.05) is 19.1 Å². The summed E-state index contributed by atoms with van der Waals surface area (Å²) in [7, 11) is 1.35. The van der Waals surface area contributed by atoms with E-state index in [2.05, 4.69) is 10.1 Å². The molecule has 0 bridgehead atoms. The molecular weight excluding hydrogens is 234 g/mol. The van der Waals surface area contributed by atoms with Gasteiger partial charge >= 0.3 is 5.97 Å². The number of carbonyl (C=O) groups excluding carboxylic acids is 1. The Balaban J connectivity index is 2.09. The van der Waals surface area contributed by atoms with E-state index in [0.717, 1.165) is 5.56 Å². The van der Waals surface area contributed by atoms with Gasteiger partial charge in [0.25, 0.3) is 0 Å². The minimum Gasteiger partial charge on any atom is -0.465 e. The van der Waals surface area contributed by atoms with Crippen molar-refractivity contribution < 1.29 is 19.4 Å². The largest absolute Gasteiger partial charge is 0.465 e. The highest BCUT2D eigenvalue weighted by molar-refractivity contribution is 5.89. The Labute approximate surface area is 106 Å². The van der Waals surface area contributed by atoms with Crippen molar-refractivity contribution in [2.75, 3.05) is 20.3 Å². The Morgan fingerprint density at radius 2 is 2.22 bits per heavy atom. The topological polar surface area (TPSA) is 67.8 Å². The van der Waals surface area contributed by atoms with Crippen LogP contribution in [-0.2, 0) is 9.47 Å². The van der Waals surface area contributed by atoms with Crippen LogP contribution >= 0.6 is 0 Å². The molecular formula is C13H17NO4. The summed E-state index contributed by atoms with van der Waals surface area (Å²) in [5.41, 5.74) is 1.01. The lowest BCUT2D eigenvalue weighted by molar-refractivity contribution is 0.0600. The number of nitrogens with one attached hydrogen (secondary N) is 1. The Hall–Kier alpha value is -1.43. The maximum Gasteiger partial charge on any atom is 0.337 e. The van der Waals surface area contributed by atoms with Crippen molar-refractivity contribution in [1.82, 2.24) is 5.32 Å². The van der Waals surface area contributed by atoms with Crippen LogP contribution in [0.3, 0.4) is 0 Å². The van der Waals surface area contributed by atoms with Crippen molar-refractivity contribution in [2.24, 2.45) is 0 Å². The second kappa shape index (κ2) is 5.06. The fraction of sp³-hybridized carbons (Fsp3) is 0.462. The number of rotatable bonds is 3. The summed E-state index contributed by atoms with van der Waals surface area (Å²) < 4.78 is 10.2. The zero-order valence-electron chi connectivity index (χ0n) is 10.5. The first kappa shape index (κ1) is 13.0. The van der Waals surface area contributed by atoms with E-state index in [0.29, 0.717) is 12.2 Å². The van der Waals surface area contributed by atoms with Crippen molar-refractivity contribution in [3.63, 3.8) is 0 Å². The Bertz CT molecular complexity index is 431. The maximum atomic E-state index is 11.3. The number of esters is 1. The van der Waals surface area contributed by atoms with Gasteiger partial charge in [0.15, 0.2) is 0 Å². The number of benzene rings is 1. The first-order valence-corrected chi connectivity index (χ1v) is 5.76. The molecule has 0 radical (unpaired) electrons. The molecule has 1 aliphatic heterocycles. The molecule has 1 fully saturated rings. The normalized spacial score (nSPS) is 27.2. The summed E-state index contributed by atoms with van der Waals surface area (Å²) in [5.74, 6) is -0.359. The highest BCUT2D eigenvalue weighted by Crippen LogP contribution is 2.26. The number of aliphatic hydroxyl groups excluding tert-OH is 1. The number of hydrogen-bond donors (Lipinski definition) is 2. The molecule has 2 rings (SSSR count). The molecule has 5 heteroatoms. The van der Waals surface area contributed by atoms with E-state index < -0.39 is 5.54 Å². The Kier molecular flexibility index (Phi) is 3.65. The van der Waals surface area contributed by atoms with E-state index in [-0.39, 0.29) is 18.8 Å². The third-order valence-electron chi connectivity index (χ3n) is 3.03. The van der Waals surface area contributed by atoms with Crippen LogP contribution < -0.4 is 5.32 Å². The first-order valence-electron chi connectivity index (χ1n) is 5.76. The molecule has 1 aromatic rings. The molecule has 0 unspecified atom stereocenters. The lowest BCUT2D eigenvalue weighted by Gasteiger charge is -2.20. The zero-order chi connectivity index (χ0) is 13.2. The van der Waals surface area contributed by atoms with Gasteiger partial charge in [0.05, 0.1) is 31.4 Å². The average molecular weight is 251 g/mol. The summed E-state index contributed by atoms with van der Waals surface area (Å²) in [6, 6.07) is 7.02. The monoisotopic (exact) mass is 251 g/mol. The van der Waals surface area contributed by atoms with Crippen LogP contribution in [0.5, 0.6) is 0 Å². The minimum absolute atomic E-state index is 0.0176. The Morgan fingerprint density at radius 3 is 2.72 bits per heavy atom. The molecule has 98 valence electrons. The van der Waals surface area contributed by atoms with E-state index in [1.54, 1.807) is 12.1 Å². The number of aliphatic hydroxyl groups is 1. The fourth-order valence-corrected chi connectivity index (χ4v) is 1.85. The standard InChI is InChI=1S/C13H17NO4/c1-13(7-15)8-18-11(14-13)9-3-5-10(6-4-9)12(16)17-2/h3-6,11,14-15H,7-8H2,1-2H3/t11-,13-/m1/s1. The van der Waals surface area contributed by atoms with Crippen LogP contribution in [-0.4, -0.2) is 36.9 Å². The van der Waals surface area contributed by atoms with E-state index in [4.69, 9.17) is 4.74 Å². The van der Waals surface area contributed by atoms with Gasteiger partial charge in [-0.05, 0) is 24.6 Å². The van der Waals surface area contributed by atoms with Gasteiger partial charge in [0.2, 0.25) is 0 Å². The molecule has 0 aliphatic carbocycles. The van der Waals surface area contributed by atoms with Crippen molar-refractivity contribution >= 4 is 5.97 Å². The predicted molar refractivity (Wildman–Crippen MR) is 65.1 cm³/mol. The maximum absolute atomic E-state index is 11.3. The summed E-state index contributed by atoms with van der Waals surface area (Å²) in [5, 5.41) is 12.4. The van der Waals surface area contributed by atoms with Gasteiger partial charge in [-0.25, -0.2) is 4.79 Å². The molecule has 18 heavy (non-hydrogen) atoms. The molecule has 5 nitrogen and oxygen atoms in total. The SMILES string of the molecule is COC(=O)c1ccc([C@@H]2N[C@](C)(CO)CO2)cc1. The molecule has 0 aromatic heterocycles. The molecule has 2 atom stereocenters. The second-order valence-corrected chi connectivity index (χ2v) is 4.67. The zero-order valence-corrected chi connectivity index (χ0v) is 10.5. The van der Waals surface area contributed by atoms with Gasteiger partial charge in [-0.1, -0.05) is 12.1 Å². The lowest BCUT2D eigenvalue weighted by Crippen LogP contribution is -2.43. The second-order valence-electron chi connectivity index (χ2n) is 4.67. The molecule has 0 spiro atoms. The van der Waals surface area contributed by atoms with Crippen molar-refractivity contribution in [3.8, 4) is 0 Å². The number of methoxy groups -OCH3 is 1. The van der Waals surface area contributed by atoms with Crippen molar-refractivity contribution in [2.45, 2.75) is 18.7 Å². The quantitative estimate of drug-likeness (QED) is 0.779. The highest BCUT2D eigenvalue weighted by Gasteiger charge is 2.35. The minimum atomic E-state index is -0.411. The van der Waals surface area contributed by atoms with Gasteiger partial charge < -0.3 is 14.6 Å². The van der Waals surface area contributed by atoms with E-state index >= 15 is 0 Å². The fourth-order valence-electron chi connectivity index (χ4n) is 1.85. The summed E-state index contributed by atoms with van der Waals surface area (Å²) in [4.78, 5) is 11.3. The van der Waals surface area contributed by atoms with E-state index in [1.165, 1.54) is 7.11 Å². The summed E-state index contributed by atoms with van der Waals surface area (Å²) in [6.07, 6.45) is -0.256. The highest BCUT2D eigenvalue weighted by atomic mass is 16.5. The summed E-state index contributed by atoms with van der Waals surface area (Å²) >= 11 is 0. The smallest absolute Gasteiger partial charge is 0.337 e. The average Bonchev–Trinajstić information content (AvgIpc) is 2.81. The third-order valence-corrected chi connectivity index (χ3v) is 3.03. The lowest BCUT2D eigenvalue weighted by atomic mass is 10.1. The van der Waals surface area contributed by atoms with Crippen LogP contribution in [0, 0.1) is 0 Å². The van der Waals surface area contributed by atoms with Crippen molar-refractivity contribution in [3.05, 3.63) is 35.4 Å². The molecule has 2 N–H and O–H groups in total. The van der Waals surface area contributed by atoms with E-state index in [9.17, 15) is 9.90 Å². The van der Waals surface area contributed by atoms with Crippen LogP contribution in [0.25, 0.3) is 0 Å². The molecule has 1 heterocycles. The first-order chi connectivity index (χ1) is 8.58. The van der Waals surface area contributed by atoms with Crippen LogP contribution in [0.4, 0.5) is 0 Å². The van der Waals surface area contributed by atoms with Crippen LogP contribution in [0.2, 0.25) is 0 Å². The van der Waals surface area contributed by atoms with Gasteiger partial charge in [-0.3, -0.25) is 5.32 Å². The van der Waals surface area contributed by atoms with Gasteiger partial charge in [0, 0.05) is 0 Å². The number of carbonyl (C=O) groups is 1. The number of ether oxygens (including phenoxy) is 2. The molecule has 1 aliphatic rings. The predicted octanol–water partition coefficient (Wildman–Crippen LogP) is 0.843. The van der Waals surface area contributed by atoms with Gasteiger partial charge in [-0.15, -0.1) is 0 Å². The van der Waals surface area contributed by atoms with Crippen LogP contribution in [0.15, 0.2) is 24.3 Å². The number of hydrogen-bond acceptors (Lipinski definition) is 5. The van der Waals surface area contributed by atoms with Crippen LogP contribution in [0.1, 0.15) is 29.1 Å². The molecule has 1 saturated heterocycles. The van der Waals surface area contributed by atoms with Gasteiger partial charge in [-0.2, -0.15) is 0 Å². The molecule has 0 amide bonds. The van der Waals surface area contributed by atoms with Gasteiger partial charge in [0.1, 0.15) is 6.23 Å². The molecule has 0 saturated carbocycles.